The van der Waals surface area contributed by atoms with Crippen molar-refractivity contribution in [2.75, 3.05) is 6.61 Å². The maximum absolute atomic E-state index is 13.3. The molecule has 0 saturated carbocycles. The fourth-order valence-electron chi connectivity index (χ4n) is 4.24. The van der Waals surface area contributed by atoms with Crippen LogP contribution in [-0.4, -0.2) is 37.5 Å². The number of rotatable bonds is 10. The average Bonchev–Trinajstić information content (AvgIpc) is 3.51. The fourth-order valence-corrected chi connectivity index (χ4v) is 4.24. The van der Waals surface area contributed by atoms with E-state index >= 15 is 0 Å². The number of amides is 1. The number of nitrogens with one attached hydrogen (secondary N) is 2. The first kappa shape index (κ1) is 22.8. The van der Waals surface area contributed by atoms with E-state index in [1.54, 1.807) is 0 Å². The standard InChI is InChI=1S/C25H32N6O2/c1-4-6-7-8-15-33-19-11-9-18(10-12-19)25(3)16-20(21-13-14-31(5-2)30-21)22(24(32)28-25)23-26-17-27-29-23/h9-14,17H,4-8,15-16H2,1-3H3,(H,28,32)(H,26,27,29). The van der Waals surface area contributed by atoms with E-state index in [4.69, 9.17) is 4.74 Å². The van der Waals surface area contributed by atoms with Crippen LogP contribution in [0.2, 0.25) is 0 Å². The van der Waals surface area contributed by atoms with Crippen molar-refractivity contribution in [2.45, 2.75) is 65.0 Å². The van der Waals surface area contributed by atoms with E-state index in [1.165, 1.54) is 25.6 Å². The molecular weight excluding hydrogens is 416 g/mol. The van der Waals surface area contributed by atoms with Gasteiger partial charge in [0, 0.05) is 19.2 Å². The summed E-state index contributed by atoms with van der Waals surface area (Å²) in [5, 5.41) is 14.6. The number of benzene rings is 1. The van der Waals surface area contributed by atoms with Crippen LogP contribution in [0.4, 0.5) is 0 Å². The number of nitrogens with zero attached hydrogens (tertiary/aromatic N) is 4. The predicted molar refractivity (Wildman–Crippen MR) is 127 cm³/mol. The van der Waals surface area contributed by atoms with Crippen LogP contribution in [0.15, 0.2) is 42.9 Å². The second-order valence-corrected chi connectivity index (χ2v) is 8.64. The summed E-state index contributed by atoms with van der Waals surface area (Å²) in [5.41, 5.74) is 2.53. The number of aromatic nitrogens is 5. The highest BCUT2D eigenvalue weighted by atomic mass is 16.5. The third-order valence-corrected chi connectivity index (χ3v) is 6.13. The smallest absolute Gasteiger partial charge is 0.256 e. The van der Waals surface area contributed by atoms with E-state index in [9.17, 15) is 4.79 Å². The Hall–Kier alpha value is -3.42. The molecule has 2 N–H and O–H groups in total. The molecule has 0 radical (unpaired) electrons. The van der Waals surface area contributed by atoms with Crippen LogP contribution in [0.1, 0.15) is 70.0 Å². The zero-order valence-corrected chi connectivity index (χ0v) is 19.6. The molecule has 174 valence electrons. The van der Waals surface area contributed by atoms with Gasteiger partial charge in [0.25, 0.3) is 5.91 Å². The number of hydrogen-bond donors (Lipinski definition) is 2. The van der Waals surface area contributed by atoms with E-state index in [1.807, 2.05) is 55.1 Å². The van der Waals surface area contributed by atoms with Gasteiger partial charge in [-0.3, -0.25) is 14.6 Å². The van der Waals surface area contributed by atoms with Gasteiger partial charge in [0.1, 0.15) is 12.1 Å². The van der Waals surface area contributed by atoms with E-state index in [0.717, 1.165) is 42.2 Å². The maximum atomic E-state index is 13.3. The van der Waals surface area contributed by atoms with Crippen molar-refractivity contribution in [2.24, 2.45) is 0 Å². The normalized spacial score (nSPS) is 18.5. The number of carbonyl (C=O) groups is 1. The quantitative estimate of drug-likeness (QED) is 0.450. The zero-order chi connectivity index (χ0) is 23.3. The fraction of sp³-hybridized carbons (Fsp3) is 0.440. The summed E-state index contributed by atoms with van der Waals surface area (Å²) in [6.07, 6.45) is 8.62. The molecule has 3 heterocycles. The van der Waals surface area contributed by atoms with Gasteiger partial charge in [-0.2, -0.15) is 10.2 Å². The van der Waals surface area contributed by atoms with Crippen LogP contribution in [-0.2, 0) is 16.9 Å². The number of carbonyl (C=O) groups excluding carboxylic acids is 1. The molecule has 33 heavy (non-hydrogen) atoms. The molecule has 0 saturated heterocycles. The molecule has 0 aliphatic carbocycles. The number of unbranched alkanes of at least 4 members (excludes halogenated alkanes) is 3. The zero-order valence-electron chi connectivity index (χ0n) is 19.6. The summed E-state index contributed by atoms with van der Waals surface area (Å²) in [5.74, 6) is 1.10. The molecule has 1 amide bonds. The van der Waals surface area contributed by atoms with Gasteiger partial charge in [0.15, 0.2) is 5.82 Å². The van der Waals surface area contributed by atoms with Gasteiger partial charge in [-0.05, 0) is 49.6 Å². The molecule has 8 nitrogen and oxygen atoms in total. The average molecular weight is 449 g/mol. The lowest BCUT2D eigenvalue weighted by molar-refractivity contribution is -0.117. The SMILES string of the molecule is CCCCCCOc1ccc(C2(C)CC(c3ccn(CC)n3)=C(c3ncn[nH]3)C(=O)N2)cc1. The highest BCUT2D eigenvalue weighted by Crippen LogP contribution is 2.40. The summed E-state index contributed by atoms with van der Waals surface area (Å²) < 4.78 is 7.75. The van der Waals surface area contributed by atoms with E-state index in [0.29, 0.717) is 17.8 Å². The minimum absolute atomic E-state index is 0.196. The van der Waals surface area contributed by atoms with Gasteiger partial charge in [-0.1, -0.05) is 38.3 Å². The van der Waals surface area contributed by atoms with E-state index in [-0.39, 0.29) is 5.91 Å². The Balaban J connectivity index is 1.59. The van der Waals surface area contributed by atoms with Gasteiger partial charge >= 0.3 is 0 Å². The van der Waals surface area contributed by atoms with Crippen LogP contribution >= 0.6 is 0 Å². The Kier molecular flexibility index (Phi) is 6.91. The molecule has 0 fully saturated rings. The summed E-state index contributed by atoms with van der Waals surface area (Å²) in [6, 6.07) is 9.97. The lowest BCUT2D eigenvalue weighted by atomic mass is 9.79. The molecule has 0 bridgehead atoms. The lowest BCUT2D eigenvalue weighted by Crippen LogP contribution is -2.47. The minimum Gasteiger partial charge on any atom is -0.494 e. The van der Waals surface area contributed by atoms with Crippen LogP contribution in [0.3, 0.4) is 0 Å². The number of ether oxygens (including phenoxy) is 1. The molecule has 2 aromatic heterocycles. The van der Waals surface area contributed by atoms with Crippen molar-refractivity contribution < 1.29 is 9.53 Å². The Bertz CT molecular complexity index is 1100. The second kappa shape index (κ2) is 10.0. The summed E-state index contributed by atoms with van der Waals surface area (Å²) in [4.78, 5) is 17.6. The molecule has 1 atom stereocenters. The third kappa shape index (κ3) is 4.99. The van der Waals surface area contributed by atoms with Crippen molar-refractivity contribution in [3.63, 3.8) is 0 Å². The molecular formula is C25H32N6O2. The van der Waals surface area contributed by atoms with Crippen molar-refractivity contribution in [1.29, 1.82) is 0 Å². The molecule has 1 aromatic carbocycles. The first-order chi connectivity index (χ1) is 16.0. The molecule has 3 aromatic rings. The molecule has 1 aliphatic rings. The third-order valence-electron chi connectivity index (χ3n) is 6.13. The van der Waals surface area contributed by atoms with Crippen molar-refractivity contribution in [3.05, 3.63) is 59.9 Å². The Morgan fingerprint density at radius 3 is 2.61 bits per heavy atom. The first-order valence-corrected chi connectivity index (χ1v) is 11.7. The van der Waals surface area contributed by atoms with Gasteiger partial charge in [0.05, 0.1) is 23.4 Å². The number of aromatic amines is 1. The Labute approximate surface area is 194 Å². The topological polar surface area (TPSA) is 97.7 Å². The monoisotopic (exact) mass is 448 g/mol. The summed E-state index contributed by atoms with van der Waals surface area (Å²) in [6.45, 7) is 7.76. The largest absolute Gasteiger partial charge is 0.494 e. The van der Waals surface area contributed by atoms with Gasteiger partial charge in [0.2, 0.25) is 0 Å². The first-order valence-electron chi connectivity index (χ1n) is 11.7. The minimum atomic E-state index is -0.592. The Morgan fingerprint density at radius 1 is 1.12 bits per heavy atom. The van der Waals surface area contributed by atoms with Crippen LogP contribution in [0.25, 0.3) is 11.1 Å². The summed E-state index contributed by atoms with van der Waals surface area (Å²) >= 11 is 0. The van der Waals surface area contributed by atoms with Gasteiger partial charge in [-0.25, -0.2) is 4.98 Å². The van der Waals surface area contributed by atoms with Gasteiger partial charge < -0.3 is 10.1 Å². The molecule has 1 unspecified atom stereocenters. The van der Waals surface area contributed by atoms with Crippen LogP contribution in [0.5, 0.6) is 5.75 Å². The number of H-pyrrole nitrogens is 1. The molecule has 0 spiro atoms. The maximum Gasteiger partial charge on any atom is 0.256 e. The molecule has 4 rings (SSSR count). The highest BCUT2D eigenvalue weighted by Gasteiger charge is 2.39. The highest BCUT2D eigenvalue weighted by molar-refractivity contribution is 6.27. The summed E-state index contributed by atoms with van der Waals surface area (Å²) in [7, 11) is 0. The van der Waals surface area contributed by atoms with Crippen molar-refractivity contribution in [1.82, 2.24) is 30.3 Å². The van der Waals surface area contributed by atoms with E-state index in [2.05, 4.69) is 32.5 Å². The molecule has 1 aliphatic heterocycles. The van der Waals surface area contributed by atoms with Crippen LogP contribution in [0, 0.1) is 0 Å². The Morgan fingerprint density at radius 2 is 1.94 bits per heavy atom. The van der Waals surface area contributed by atoms with Gasteiger partial charge in [-0.15, -0.1) is 0 Å². The number of aryl methyl sites for hydroxylation is 1. The predicted octanol–water partition coefficient (Wildman–Crippen LogP) is 4.33. The lowest BCUT2D eigenvalue weighted by Gasteiger charge is -2.37. The van der Waals surface area contributed by atoms with Crippen molar-refractivity contribution in [3.8, 4) is 5.75 Å². The number of hydrogen-bond acceptors (Lipinski definition) is 5. The molecule has 8 heteroatoms. The van der Waals surface area contributed by atoms with E-state index < -0.39 is 5.54 Å². The van der Waals surface area contributed by atoms with Crippen molar-refractivity contribution >= 4 is 17.1 Å². The van der Waals surface area contributed by atoms with Crippen LogP contribution < -0.4 is 10.1 Å². The second-order valence-electron chi connectivity index (χ2n) is 8.64.